The molecule has 0 amide bonds. The van der Waals surface area contributed by atoms with Gasteiger partial charge in [-0.05, 0) is 26.0 Å². The summed E-state index contributed by atoms with van der Waals surface area (Å²) in [4.78, 5) is 0. The Balaban J connectivity index is 2.93. The third-order valence-electron chi connectivity index (χ3n) is 1.48. The van der Waals surface area contributed by atoms with Crippen molar-refractivity contribution in [1.29, 1.82) is 0 Å². The topological polar surface area (TPSA) is 35.0 Å². The first-order chi connectivity index (χ1) is 5.17. The fourth-order valence-electron chi connectivity index (χ4n) is 0.683. The van der Waals surface area contributed by atoms with Gasteiger partial charge in [-0.25, -0.2) is 0 Å². The van der Waals surface area contributed by atoms with Crippen molar-refractivity contribution in [2.24, 2.45) is 0 Å². The van der Waals surface area contributed by atoms with E-state index in [2.05, 4.69) is 10.2 Å². The van der Waals surface area contributed by atoms with Crippen LogP contribution >= 0.6 is 0 Å². The Morgan fingerprint density at radius 1 is 1.55 bits per heavy atom. The van der Waals surface area contributed by atoms with Crippen LogP contribution in [-0.4, -0.2) is 10.2 Å². The van der Waals surface area contributed by atoms with E-state index in [1.165, 1.54) is 0 Å². The zero-order chi connectivity index (χ0) is 8.32. The quantitative estimate of drug-likeness (QED) is 0.639. The average Bonchev–Trinajstić information content (AvgIpc) is 2.06. The monoisotopic (exact) mass is 150 g/mol. The second-order valence-electron chi connectivity index (χ2n) is 2.74. The summed E-state index contributed by atoms with van der Waals surface area (Å²) in [5.74, 6) is 0. The fraction of sp³-hybridized carbons (Fsp3) is 0.375. The van der Waals surface area contributed by atoms with Gasteiger partial charge in [0.2, 0.25) is 0 Å². The smallest absolute Gasteiger partial charge is 0.116 e. The largest absolute Gasteiger partial charge is 0.360 e. The normalized spacial score (nSPS) is 11.5. The Morgan fingerprint density at radius 2 is 2.27 bits per heavy atom. The molecular formula is C8H10N2O. The van der Waals surface area contributed by atoms with E-state index in [-0.39, 0.29) is 0 Å². The molecule has 0 atom stereocenters. The average molecular weight is 150 g/mol. The van der Waals surface area contributed by atoms with E-state index in [9.17, 15) is 0 Å². The number of aromatic nitrogens is 2. The number of hydrogen-bond acceptors (Lipinski definition) is 3. The first-order valence-corrected chi connectivity index (χ1v) is 3.33. The van der Waals surface area contributed by atoms with Gasteiger partial charge in [-0.15, -0.1) is 0 Å². The van der Waals surface area contributed by atoms with E-state index in [1.54, 1.807) is 12.3 Å². The van der Waals surface area contributed by atoms with Crippen molar-refractivity contribution in [2.45, 2.75) is 19.4 Å². The zero-order valence-corrected chi connectivity index (χ0v) is 6.61. The highest BCUT2D eigenvalue weighted by atomic mass is 16.5. The summed E-state index contributed by atoms with van der Waals surface area (Å²) < 4.78 is 4.72. The molecule has 1 rings (SSSR count). The van der Waals surface area contributed by atoms with E-state index in [0.717, 1.165) is 5.69 Å². The molecule has 1 heterocycles. The molecule has 0 saturated carbocycles. The van der Waals surface area contributed by atoms with E-state index >= 15 is 0 Å². The van der Waals surface area contributed by atoms with Crippen molar-refractivity contribution in [2.75, 3.05) is 0 Å². The minimum atomic E-state index is -0.561. The Labute approximate surface area is 66.4 Å². The van der Waals surface area contributed by atoms with E-state index in [0.29, 0.717) is 0 Å². The van der Waals surface area contributed by atoms with Crippen LogP contribution in [0.25, 0.3) is 0 Å². The minimum absolute atomic E-state index is 0.561. The maximum absolute atomic E-state index is 5.07. The molecule has 0 spiro atoms. The van der Waals surface area contributed by atoms with Gasteiger partial charge in [0.25, 0.3) is 0 Å². The van der Waals surface area contributed by atoms with Gasteiger partial charge in [0.15, 0.2) is 0 Å². The standard InChI is InChI=1S/C8H10N2O/c1-8(2,11-3)7-5-4-6-9-10-7/h3-6H,1-2H3. The van der Waals surface area contributed by atoms with Crippen LogP contribution in [0, 0.1) is 7.11 Å². The molecule has 0 aromatic carbocycles. The second kappa shape index (κ2) is 2.96. The van der Waals surface area contributed by atoms with Crippen LogP contribution in [0.15, 0.2) is 18.3 Å². The molecule has 3 nitrogen and oxygen atoms in total. The molecule has 0 aliphatic carbocycles. The predicted molar refractivity (Wildman–Crippen MR) is 40.4 cm³/mol. The molecule has 0 aliphatic rings. The third kappa shape index (κ3) is 1.74. The predicted octanol–water partition coefficient (Wildman–Crippen LogP) is 1.40. The highest BCUT2D eigenvalue weighted by molar-refractivity contribution is 5.07. The number of hydrogen-bond donors (Lipinski definition) is 0. The summed E-state index contributed by atoms with van der Waals surface area (Å²) in [7, 11) is 5.07. The van der Waals surface area contributed by atoms with Crippen LogP contribution in [0.4, 0.5) is 0 Å². The molecule has 0 N–H and O–H groups in total. The molecular weight excluding hydrogens is 140 g/mol. The lowest BCUT2D eigenvalue weighted by Crippen LogP contribution is -2.20. The lowest BCUT2D eigenvalue weighted by molar-refractivity contribution is 0.0445. The first-order valence-electron chi connectivity index (χ1n) is 3.33. The molecule has 11 heavy (non-hydrogen) atoms. The first kappa shape index (κ1) is 8.14. The van der Waals surface area contributed by atoms with Gasteiger partial charge in [-0.1, -0.05) is 0 Å². The Hall–Kier alpha value is -0.960. The van der Waals surface area contributed by atoms with E-state index in [4.69, 9.17) is 11.8 Å². The number of ether oxygens (including phenoxy) is 1. The fourth-order valence-corrected chi connectivity index (χ4v) is 0.683. The maximum Gasteiger partial charge on any atom is 0.116 e. The van der Waals surface area contributed by atoms with Crippen LogP contribution in [0.2, 0.25) is 0 Å². The summed E-state index contributed by atoms with van der Waals surface area (Å²) >= 11 is 0. The summed E-state index contributed by atoms with van der Waals surface area (Å²) in [6.07, 6.45) is 1.61. The lowest BCUT2D eigenvalue weighted by atomic mass is 10.1. The van der Waals surface area contributed by atoms with Crippen LogP contribution in [-0.2, 0) is 10.3 Å². The highest BCUT2D eigenvalue weighted by Crippen LogP contribution is 2.20. The molecule has 2 radical (unpaired) electrons. The van der Waals surface area contributed by atoms with Gasteiger partial charge in [0.05, 0.1) is 5.69 Å². The Kier molecular flexibility index (Phi) is 2.19. The van der Waals surface area contributed by atoms with Crippen LogP contribution in [0.3, 0.4) is 0 Å². The van der Waals surface area contributed by atoms with Crippen molar-refractivity contribution >= 4 is 0 Å². The van der Waals surface area contributed by atoms with E-state index < -0.39 is 5.60 Å². The van der Waals surface area contributed by atoms with Gasteiger partial charge in [0, 0.05) is 6.20 Å². The van der Waals surface area contributed by atoms with Crippen molar-refractivity contribution < 1.29 is 4.74 Å². The summed E-state index contributed by atoms with van der Waals surface area (Å²) in [6.45, 7) is 3.66. The summed E-state index contributed by atoms with van der Waals surface area (Å²) in [5, 5.41) is 7.58. The highest BCUT2D eigenvalue weighted by Gasteiger charge is 2.20. The molecule has 1 aromatic rings. The minimum Gasteiger partial charge on any atom is -0.360 e. The van der Waals surface area contributed by atoms with Gasteiger partial charge < -0.3 is 4.74 Å². The molecule has 3 heteroatoms. The third-order valence-corrected chi connectivity index (χ3v) is 1.48. The molecule has 0 bridgehead atoms. The molecule has 0 aliphatic heterocycles. The maximum atomic E-state index is 5.07. The SMILES string of the molecule is [CH]OC(C)(C)c1cccnn1. The molecule has 0 saturated heterocycles. The molecule has 58 valence electrons. The van der Waals surface area contributed by atoms with Crippen LogP contribution in [0.1, 0.15) is 19.5 Å². The van der Waals surface area contributed by atoms with Crippen LogP contribution < -0.4 is 0 Å². The van der Waals surface area contributed by atoms with Gasteiger partial charge >= 0.3 is 0 Å². The Morgan fingerprint density at radius 3 is 2.73 bits per heavy atom. The molecule has 1 aromatic heterocycles. The lowest BCUT2D eigenvalue weighted by Gasteiger charge is -2.20. The van der Waals surface area contributed by atoms with Crippen molar-refractivity contribution in [3.8, 4) is 0 Å². The zero-order valence-electron chi connectivity index (χ0n) is 6.61. The summed E-state index contributed by atoms with van der Waals surface area (Å²) in [6, 6.07) is 3.61. The van der Waals surface area contributed by atoms with Gasteiger partial charge in [0.1, 0.15) is 12.7 Å². The van der Waals surface area contributed by atoms with Crippen molar-refractivity contribution in [3.63, 3.8) is 0 Å². The second-order valence-corrected chi connectivity index (χ2v) is 2.74. The van der Waals surface area contributed by atoms with E-state index in [1.807, 2.05) is 19.9 Å². The molecule has 0 unspecified atom stereocenters. The van der Waals surface area contributed by atoms with Crippen molar-refractivity contribution in [3.05, 3.63) is 31.1 Å². The summed E-state index contributed by atoms with van der Waals surface area (Å²) in [5.41, 5.74) is 0.163. The van der Waals surface area contributed by atoms with Gasteiger partial charge in [-0.2, -0.15) is 10.2 Å². The number of rotatable bonds is 2. The van der Waals surface area contributed by atoms with Crippen molar-refractivity contribution in [1.82, 2.24) is 10.2 Å². The van der Waals surface area contributed by atoms with Gasteiger partial charge in [-0.3, -0.25) is 0 Å². The number of nitrogens with zero attached hydrogens (tertiary/aromatic N) is 2. The van der Waals surface area contributed by atoms with Crippen LogP contribution in [0.5, 0.6) is 0 Å². The molecule has 0 fully saturated rings. The Bertz CT molecular complexity index is 221.